The van der Waals surface area contributed by atoms with E-state index < -0.39 is 29.8 Å². The summed E-state index contributed by atoms with van der Waals surface area (Å²) in [5, 5.41) is 14.5. The van der Waals surface area contributed by atoms with Crippen LogP contribution in [0.1, 0.15) is 31.7 Å². The summed E-state index contributed by atoms with van der Waals surface area (Å²) in [5.74, 6) is -2.57. The number of amides is 2. The fourth-order valence-corrected chi connectivity index (χ4v) is 2.84. The average Bonchev–Trinajstić information content (AvgIpc) is 2.62. The zero-order chi connectivity index (χ0) is 19.8. The summed E-state index contributed by atoms with van der Waals surface area (Å²) in [6.07, 6.45) is 7.98. The summed E-state index contributed by atoms with van der Waals surface area (Å²) in [5.41, 5.74) is 1.50. The molecule has 0 saturated carbocycles. The minimum Gasteiger partial charge on any atom is -0.480 e. The number of aliphatic carboxylic acids is 1. The third-order valence-corrected chi connectivity index (χ3v) is 4.17. The van der Waals surface area contributed by atoms with Crippen LogP contribution in [-0.4, -0.2) is 35.0 Å². The second-order valence-corrected chi connectivity index (χ2v) is 6.45. The summed E-state index contributed by atoms with van der Waals surface area (Å²) in [4.78, 5) is 35.6. The number of hydrogen-bond acceptors (Lipinski definition) is 3. The molecular formula is C20H23FN2O4. The van der Waals surface area contributed by atoms with Gasteiger partial charge < -0.3 is 15.7 Å². The van der Waals surface area contributed by atoms with Crippen LogP contribution in [0, 0.1) is 5.82 Å². The number of rotatable bonds is 8. The van der Waals surface area contributed by atoms with Crippen molar-refractivity contribution in [3.05, 3.63) is 59.4 Å². The van der Waals surface area contributed by atoms with Gasteiger partial charge in [-0.15, -0.1) is 0 Å². The summed E-state index contributed by atoms with van der Waals surface area (Å²) < 4.78 is 13.0. The number of carbonyl (C=O) groups excluding carboxylic acids is 2. The second kappa shape index (κ2) is 9.66. The molecule has 27 heavy (non-hydrogen) atoms. The van der Waals surface area contributed by atoms with Crippen molar-refractivity contribution in [3.8, 4) is 0 Å². The van der Waals surface area contributed by atoms with Crippen LogP contribution in [0.25, 0.3) is 0 Å². The zero-order valence-electron chi connectivity index (χ0n) is 15.1. The molecule has 0 saturated heterocycles. The Morgan fingerprint density at radius 1 is 1.07 bits per heavy atom. The van der Waals surface area contributed by atoms with Crippen molar-refractivity contribution in [1.82, 2.24) is 10.6 Å². The highest BCUT2D eigenvalue weighted by molar-refractivity contribution is 5.90. The molecule has 2 atom stereocenters. The van der Waals surface area contributed by atoms with E-state index in [2.05, 4.69) is 10.6 Å². The van der Waals surface area contributed by atoms with Gasteiger partial charge in [-0.25, -0.2) is 9.18 Å². The van der Waals surface area contributed by atoms with E-state index in [0.717, 1.165) is 18.4 Å². The number of carboxylic acid groups (broad SMARTS) is 1. The van der Waals surface area contributed by atoms with Crippen molar-refractivity contribution < 1.29 is 23.9 Å². The molecule has 0 radical (unpaired) electrons. The van der Waals surface area contributed by atoms with E-state index in [-0.39, 0.29) is 18.7 Å². The largest absolute Gasteiger partial charge is 0.480 e. The molecule has 2 amide bonds. The van der Waals surface area contributed by atoms with Gasteiger partial charge in [-0.3, -0.25) is 9.59 Å². The molecule has 144 valence electrons. The lowest BCUT2D eigenvalue weighted by Gasteiger charge is -2.22. The van der Waals surface area contributed by atoms with Crippen LogP contribution >= 0.6 is 0 Å². The van der Waals surface area contributed by atoms with E-state index in [1.54, 1.807) is 0 Å². The molecule has 2 rings (SSSR count). The maximum absolute atomic E-state index is 13.0. The van der Waals surface area contributed by atoms with Crippen LogP contribution in [0.4, 0.5) is 4.39 Å². The summed E-state index contributed by atoms with van der Waals surface area (Å²) >= 11 is 0. The minimum atomic E-state index is -1.20. The average molecular weight is 374 g/mol. The molecule has 0 aliphatic heterocycles. The Labute approximate surface area is 157 Å². The van der Waals surface area contributed by atoms with E-state index in [4.69, 9.17) is 0 Å². The first-order chi connectivity index (χ1) is 12.8. The number of hydrogen-bond donors (Lipinski definition) is 3. The highest BCUT2D eigenvalue weighted by Crippen LogP contribution is 2.15. The Balaban J connectivity index is 2.07. The van der Waals surface area contributed by atoms with Crippen LogP contribution < -0.4 is 10.6 Å². The van der Waals surface area contributed by atoms with Crippen LogP contribution in [0.3, 0.4) is 0 Å². The number of carbonyl (C=O) groups is 3. The fraction of sp³-hybridized carbons (Fsp3) is 0.350. The van der Waals surface area contributed by atoms with E-state index in [0.29, 0.717) is 5.56 Å². The van der Waals surface area contributed by atoms with E-state index in [1.807, 2.05) is 18.2 Å². The van der Waals surface area contributed by atoms with Crippen molar-refractivity contribution in [3.63, 3.8) is 0 Å². The van der Waals surface area contributed by atoms with E-state index in [1.165, 1.54) is 31.2 Å². The fourth-order valence-electron chi connectivity index (χ4n) is 2.84. The van der Waals surface area contributed by atoms with Gasteiger partial charge in [-0.1, -0.05) is 30.4 Å². The number of halogens is 1. The summed E-state index contributed by atoms with van der Waals surface area (Å²) in [6, 6.07) is 3.36. The number of allylic oxidation sites excluding steroid dienone is 3. The number of benzene rings is 1. The predicted molar refractivity (Wildman–Crippen MR) is 98.3 cm³/mol. The van der Waals surface area contributed by atoms with E-state index in [9.17, 15) is 23.9 Å². The Morgan fingerprint density at radius 2 is 1.78 bits per heavy atom. The van der Waals surface area contributed by atoms with Gasteiger partial charge in [-0.2, -0.15) is 0 Å². The van der Waals surface area contributed by atoms with Gasteiger partial charge >= 0.3 is 5.97 Å². The highest BCUT2D eigenvalue weighted by Gasteiger charge is 2.26. The van der Waals surface area contributed by atoms with Gasteiger partial charge in [0, 0.05) is 19.8 Å². The quantitative estimate of drug-likeness (QED) is 0.649. The Bertz CT molecular complexity index is 756. The third kappa shape index (κ3) is 6.69. The molecule has 0 spiro atoms. The molecule has 7 heteroatoms. The first-order valence-corrected chi connectivity index (χ1v) is 8.75. The van der Waals surface area contributed by atoms with Crippen LogP contribution in [-0.2, 0) is 20.8 Å². The Hall–Kier alpha value is -2.96. The van der Waals surface area contributed by atoms with Crippen molar-refractivity contribution in [2.75, 3.05) is 0 Å². The van der Waals surface area contributed by atoms with Crippen molar-refractivity contribution in [2.45, 2.75) is 44.7 Å². The van der Waals surface area contributed by atoms with Gasteiger partial charge in [-0.05, 0) is 36.1 Å². The maximum atomic E-state index is 13.0. The highest BCUT2D eigenvalue weighted by atomic mass is 19.1. The summed E-state index contributed by atoms with van der Waals surface area (Å²) in [7, 11) is 0. The van der Waals surface area contributed by atoms with E-state index >= 15 is 0 Å². The lowest BCUT2D eigenvalue weighted by molar-refractivity contribution is -0.142. The van der Waals surface area contributed by atoms with Crippen molar-refractivity contribution in [2.24, 2.45) is 0 Å². The third-order valence-electron chi connectivity index (χ3n) is 4.17. The molecule has 0 heterocycles. The summed E-state index contributed by atoms with van der Waals surface area (Å²) in [6.45, 7) is 1.30. The molecule has 1 aromatic rings. The smallest absolute Gasteiger partial charge is 0.326 e. The second-order valence-electron chi connectivity index (χ2n) is 6.45. The Kier molecular flexibility index (Phi) is 7.28. The SMILES string of the molecule is CC(=O)NC(CC1=CCCC=C1)C(=O)NC(Cc1ccc(F)cc1)C(=O)O. The van der Waals surface area contributed by atoms with Crippen LogP contribution in [0.5, 0.6) is 0 Å². The molecule has 1 aromatic carbocycles. The number of carboxylic acids is 1. The lowest BCUT2D eigenvalue weighted by atomic mass is 9.99. The predicted octanol–water partition coefficient (Wildman–Crippen LogP) is 2.11. The van der Waals surface area contributed by atoms with Crippen molar-refractivity contribution >= 4 is 17.8 Å². The minimum absolute atomic E-state index is 0.0107. The van der Waals surface area contributed by atoms with Gasteiger partial charge in [0.05, 0.1) is 0 Å². The molecule has 3 N–H and O–H groups in total. The monoisotopic (exact) mass is 374 g/mol. The Morgan fingerprint density at radius 3 is 2.33 bits per heavy atom. The molecule has 1 aliphatic carbocycles. The molecule has 1 aliphatic rings. The normalized spacial score (nSPS) is 15.4. The first kappa shape index (κ1) is 20.4. The van der Waals surface area contributed by atoms with Gasteiger partial charge in [0.25, 0.3) is 0 Å². The van der Waals surface area contributed by atoms with Gasteiger partial charge in [0.1, 0.15) is 17.9 Å². The molecule has 0 bridgehead atoms. The maximum Gasteiger partial charge on any atom is 0.326 e. The van der Waals surface area contributed by atoms with Crippen LogP contribution in [0.2, 0.25) is 0 Å². The lowest BCUT2D eigenvalue weighted by Crippen LogP contribution is -2.52. The molecule has 6 nitrogen and oxygen atoms in total. The number of nitrogens with one attached hydrogen (secondary N) is 2. The molecular weight excluding hydrogens is 351 g/mol. The van der Waals surface area contributed by atoms with Gasteiger partial charge in [0.15, 0.2) is 0 Å². The molecule has 0 fully saturated rings. The first-order valence-electron chi connectivity index (χ1n) is 8.75. The zero-order valence-corrected chi connectivity index (χ0v) is 15.1. The van der Waals surface area contributed by atoms with Gasteiger partial charge in [0.2, 0.25) is 11.8 Å². The molecule has 0 aromatic heterocycles. The van der Waals surface area contributed by atoms with Crippen LogP contribution in [0.15, 0.2) is 48.1 Å². The standard InChI is InChI=1S/C20H23FN2O4/c1-13(24)22-17(11-14-5-3-2-4-6-14)19(25)23-18(20(26)27)12-15-7-9-16(21)10-8-15/h3,5-10,17-18H,2,4,11-12H2,1H3,(H,22,24)(H,23,25)(H,26,27). The van der Waals surface area contributed by atoms with Crippen molar-refractivity contribution in [1.29, 1.82) is 0 Å². The topological polar surface area (TPSA) is 95.5 Å². The molecule has 2 unspecified atom stereocenters.